The standard InChI is InChI=1S/C17H26N4/c1-6-7-14(3)17-12-21(19-18-17)11-13(2)10-20(5)15(4)16-8-9-16/h6-7,12-13,16H,3-4,8-11H2,1-2,5H3. The zero-order valence-corrected chi connectivity index (χ0v) is 13.4. The first-order valence-electron chi connectivity index (χ1n) is 7.63. The summed E-state index contributed by atoms with van der Waals surface area (Å²) >= 11 is 0. The van der Waals surface area contributed by atoms with E-state index >= 15 is 0 Å². The van der Waals surface area contributed by atoms with E-state index in [1.54, 1.807) is 0 Å². The van der Waals surface area contributed by atoms with Gasteiger partial charge in [0.15, 0.2) is 0 Å². The molecule has 0 bridgehead atoms. The molecule has 4 nitrogen and oxygen atoms in total. The number of hydrogen-bond donors (Lipinski definition) is 0. The zero-order chi connectivity index (χ0) is 15.4. The maximum Gasteiger partial charge on any atom is 0.112 e. The van der Waals surface area contributed by atoms with Crippen LogP contribution in [0.2, 0.25) is 0 Å². The highest BCUT2D eigenvalue weighted by atomic mass is 15.4. The Balaban J connectivity index is 1.86. The SMILES string of the molecule is C=C(C=CC)c1cn(CC(C)CN(C)C(=C)C2CC2)nn1. The van der Waals surface area contributed by atoms with E-state index in [0.29, 0.717) is 5.92 Å². The van der Waals surface area contributed by atoms with E-state index in [9.17, 15) is 0 Å². The van der Waals surface area contributed by atoms with Crippen LogP contribution in [0.5, 0.6) is 0 Å². The lowest BCUT2D eigenvalue weighted by atomic mass is 10.1. The molecule has 0 radical (unpaired) electrons. The molecule has 1 aromatic heterocycles. The van der Waals surface area contributed by atoms with Gasteiger partial charge in [-0.2, -0.15) is 0 Å². The van der Waals surface area contributed by atoms with Crippen molar-refractivity contribution in [2.75, 3.05) is 13.6 Å². The van der Waals surface area contributed by atoms with Gasteiger partial charge in [-0.25, -0.2) is 0 Å². The van der Waals surface area contributed by atoms with Crippen LogP contribution in [0.4, 0.5) is 0 Å². The number of hydrogen-bond acceptors (Lipinski definition) is 3. The molecule has 0 spiro atoms. The second-order valence-corrected chi connectivity index (χ2v) is 6.10. The second kappa shape index (κ2) is 6.74. The third-order valence-electron chi connectivity index (χ3n) is 3.86. The Hall–Kier alpha value is -1.84. The number of rotatable bonds is 8. The molecule has 1 fully saturated rings. The Morgan fingerprint density at radius 3 is 2.86 bits per heavy atom. The van der Waals surface area contributed by atoms with Gasteiger partial charge in [-0.05, 0) is 37.2 Å². The van der Waals surface area contributed by atoms with Crippen molar-refractivity contribution in [1.29, 1.82) is 0 Å². The molecule has 4 heteroatoms. The third-order valence-corrected chi connectivity index (χ3v) is 3.86. The van der Waals surface area contributed by atoms with Gasteiger partial charge in [-0.3, -0.25) is 4.68 Å². The van der Waals surface area contributed by atoms with E-state index < -0.39 is 0 Å². The van der Waals surface area contributed by atoms with Crippen molar-refractivity contribution in [1.82, 2.24) is 19.9 Å². The summed E-state index contributed by atoms with van der Waals surface area (Å²) in [6, 6.07) is 0. The van der Waals surface area contributed by atoms with Gasteiger partial charge in [-0.15, -0.1) is 5.10 Å². The molecule has 2 rings (SSSR count). The number of aromatic nitrogens is 3. The quantitative estimate of drug-likeness (QED) is 0.687. The Bertz CT molecular complexity index is 537. The Morgan fingerprint density at radius 2 is 2.24 bits per heavy atom. The maximum atomic E-state index is 4.20. The minimum absolute atomic E-state index is 0.495. The highest BCUT2D eigenvalue weighted by molar-refractivity contribution is 5.68. The van der Waals surface area contributed by atoms with Gasteiger partial charge in [0.1, 0.15) is 5.69 Å². The molecule has 1 aromatic rings. The monoisotopic (exact) mass is 286 g/mol. The molecule has 114 valence electrons. The molecule has 0 aromatic carbocycles. The molecular weight excluding hydrogens is 260 g/mol. The molecule has 1 unspecified atom stereocenters. The van der Waals surface area contributed by atoms with Crippen LogP contribution in [0.1, 0.15) is 32.4 Å². The van der Waals surface area contributed by atoms with Crippen molar-refractivity contribution in [3.8, 4) is 0 Å². The van der Waals surface area contributed by atoms with Crippen LogP contribution in [0.3, 0.4) is 0 Å². The summed E-state index contributed by atoms with van der Waals surface area (Å²) in [5, 5.41) is 8.36. The zero-order valence-electron chi connectivity index (χ0n) is 13.4. The van der Waals surface area contributed by atoms with E-state index in [2.05, 4.69) is 42.3 Å². The topological polar surface area (TPSA) is 34.0 Å². The van der Waals surface area contributed by atoms with Crippen LogP contribution in [-0.4, -0.2) is 33.5 Å². The highest BCUT2D eigenvalue weighted by Gasteiger charge is 2.27. The summed E-state index contributed by atoms with van der Waals surface area (Å²) in [6.07, 6.45) is 8.48. The summed E-state index contributed by atoms with van der Waals surface area (Å²) in [6.45, 7) is 14.2. The van der Waals surface area contributed by atoms with Gasteiger partial charge in [0.05, 0.1) is 6.20 Å². The van der Waals surface area contributed by atoms with Gasteiger partial charge in [-0.1, -0.05) is 37.4 Å². The van der Waals surface area contributed by atoms with Crippen LogP contribution in [0, 0.1) is 11.8 Å². The van der Waals surface area contributed by atoms with E-state index in [4.69, 9.17) is 0 Å². The fourth-order valence-corrected chi connectivity index (χ4v) is 2.51. The fraction of sp³-hybridized carbons (Fsp3) is 0.529. The van der Waals surface area contributed by atoms with E-state index in [1.165, 1.54) is 18.5 Å². The van der Waals surface area contributed by atoms with Crippen LogP contribution < -0.4 is 0 Å². The lowest BCUT2D eigenvalue weighted by Crippen LogP contribution is -2.26. The van der Waals surface area contributed by atoms with E-state index in [-0.39, 0.29) is 0 Å². The van der Waals surface area contributed by atoms with Crippen molar-refractivity contribution in [2.45, 2.75) is 33.2 Å². The smallest absolute Gasteiger partial charge is 0.112 e. The van der Waals surface area contributed by atoms with Crippen molar-refractivity contribution < 1.29 is 0 Å². The average molecular weight is 286 g/mol. The first-order valence-corrected chi connectivity index (χ1v) is 7.63. The second-order valence-electron chi connectivity index (χ2n) is 6.10. The molecule has 1 aliphatic rings. The third kappa shape index (κ3) is 4.31. The van der Waals surface area contributed by atoms with Crippen LogP contribution in [0.15, 0.2) is 37.2 Å². The molecule has 0 amide bonds. The van der Waals surface area contributed by atoms with Gasteiger partial charge >= 0.3 is 0 Å². The van der Waals surface area contributed by atoms with E-state index in [1.807, 2.05) is 30.0 Å². The van der Waals surface area contributed by atoms with Crippen molar-refractivity contribution in [2.24, 2.45) is 11.8 Å². The predicted molar refractivity (Wildman–Crippen MR) is 87.5 cm³/mol. The normalized spacial score (nSPS) is 16.1. The summed E-state index contributed by atoms with van der Waals surface area (Å²) in [5.74, 6) is 1.22. The molecule has 21 heavy (non-hydrogen) atoms. The molecular formula is C17H26N4. The molecule has 1 aliphatic carbocycles. The van der Waals surface area contributed by atoms with Gasteiger partial charge in [0, 0.05) is 25.8 Å². The Labute approximate surface area is 127 Å². The lowest BCUT2D eigenvalue weighted by Gasteiger charge is -2.25. The van der Waals surface area contributed by atoms with E-state index in [0.717, 1.165) is 30.3 Å². The van der Waals surface area contributed by atoms with Crippen LogP contribution in [0.25, 0.3) is 5.57 Å². The number of nitrogens with zero attached hydrogens (tertiary/aromatic N) is 4. The summed E-state index contributed by atoms with van der Waals surface area (Å²) in [4.78, 5) is 2.29. The molecule has 1 heterocycles. The van der Waals surface area contributed by atoms with Crippen molar-refractivity contribution >= 4 is 5.57 Å². The molecule has 0 N–H and O–H groups in total. The average Bonchev–Trinajstić information content (AvgIpc) is 3.18. The number of allylic oxidation sites excluding steroid dienone is 4. The van der Waals surface area contributed by atoms with Crippen LogP contribution >= 0.6 is 0 Å². The minimum atomic E-state index is 0.495. The molecule has 0 saturated heterocycles. The van der Waals surface area contributed by atoms with Gasteiger partial charge in [0.2, 0.25) is 0 Å². The summed E-state index contributed by atoms with van der Waals surface area (Å²) in [5.41, 5.74) is 3.02. The highest BCUT2D eigenvalue weighted by Crippen LogP contribution is 2.36. The minimum Gasteiger partial charge on any atom is -0.378 e. The Morgan fingerprint density at radius 1 is 1.52 bits per heavy atom. The van der Waals surface area contributed by atoms with Gasteiger partial charge < -0.3 is 4.90 Å². The molecule has 1 atom stereocenters. The predicted octanol–water partition coefficient (Wildman–Crippen LogP) is 3.36. The van der Waals surface area contributed by atoms with Crippen molar-refractivity contribution in [3.63, 3.8) is 0 Å². The lowest BCUT2D eigenvalue weighted by molar-refractivity contribution is 0.303. The largest absolute Gasteiger partial charge is 0.378 e. The Kier molecular flexibility index (Phi) is 4.99. The fourth-order valence-electron chi connectivity index (χ4n) is 2.51. The molecule has 0 aliphatic heterocycles. The summed E-state index contributed by atoms with van der Waals surface area (Å²) in [7, 11) is 2.14. The van der Waals surface area contributed by atoms with Gasteiger partial charge in [0.25, 0.3) is 0 Å². The summed E-state index contributed by atoms with van der Waals surface area (Å²) < 4.78 is 1.91. The van der Waals surface area contributed by atoms with Crippen molar-refractivity contribution in [3.05, 3.63) is 42.9 Å². The molecule has 1 saturated carbocycles. The van der Waals surface area contributed by atoms with Crippen LogP contribution in [-0.2, 0) is 6.54 Å². The first kappa shape index (κ1) is 15.5. The maximum absolute atomic E-state index is 4.20. The first-order chi connectivity index (χ1) is 10.0.